The third-order valence-corrected chi connectivity index (χ3v) is 6.13. The summed E-state index contributed by atoms with van der Waals surface area (Å²) in [5.41, 5.74) is 16.1. The molecule has 9 nitrogen and oxygen atoms in total. The number of ether oxygens (including phenoxy) is 2. The van der Waals surface area contributed by atoms with Gasteiger partial charge in [0.05, 0.1) is 26.0 Å². The van der Waals surface area contributed by atoms with Crippen molar-refractivity contribution in [3.05, 3.63) is 76.5 Å². The fraction of sp³-hybridized carbons (Fsp3) is 0.286. The number of benzene rings is 2. The maximum Gasteiger partial charge on any atom is 0.267 e. The maximum atomic E-state index is 13.4. The number of aromatic nitrogens is 2. The van der Waals surface area contributed by atoms with Crippen LogP contribution in [0.5, 0.6) is 11.5 Å². The van der Waals surface area contributed by atoms with Gasteiger partial charge in [-0.2, -0.15) is 10.1 Å². The van der Waals surface area contributed by atoms with Crippen molar-refractivity contribution >= 4 is 30.0 Å². The standard InChI is InChI=1S/C28H32N6O3/c1-4-8-23-22-10-7-6-9-20(22)17-32-34(23)25(35)12-11-19-13-18(15-24(36-3)26(19)37-5-2)14-21-16-31-28(30)33-27(21)29/h6-7,9-13,15-17,23H,4-5,8,14H2,1-3H3,(H4,29,30,31,33)/b12-11+. The molecule has 2 aromatic carbocycles. The summed E-state index contributed by atoms with van der Waals surface area (Å²) in [6, 6.07) is 11.7. The number of methoxy groups -OCH3 is 1. The second-order valence-corrected chi connectivity index (χ2v) is 8.66. The van der Waals surface area contributed by atoms with Gasteiger partial charge < -0.3 is 20.9 Å². The number of nitrogens with zero attached hydrogens (tertiary/aromatic N) is 4. The van der Waals surface area contributed by atoms with Crippen molar-refractivity contribution < 1.29 is 14.3 Å². The van der Waals surface area contributed by atoms with E-state index in [-0.39, 0.29) is 17.9 Å². The molecule has 2 heterocycles. The molecule has 1 aliphatic heterocycles. The van der Waals surface area contributed by atoms with Crippen LogP contribution in [-0.2, 0) is 11.2 Å². The van der Waals surface area contributed by atoms with Gasteiger partial charge in [0.25, 0.3) is 5.91 Å². The summed E-state index contributed by atoms with van der Waals surface area (Å²) in [5, 5.41) is 6.03. The van der Waals surface area contributed by atoms with Crippen molar-refractivity contribution in [1.29, 1.82) is 0 Å². The predicted molar refractivity (Wildman–Crippen MR) is 145 cm³/mol. The second-order valence-electron chi connectivity index (χ2n) is 8.66. The van der Waals surface area contributed by atoms with E-state index in [2.05, 4.69) is 28.1 Å². The van der Waals surface area contributed by atoms with E-state index in [1.54, 1.807) is 30.6 Å². The van der Waals surface area contributed by atoms with E-state index in [1.807, 2.05) is 37.3 Å². The first-order chi connectivity index (χ1) is 17.9. The Labute approximate surface area is 216 Å². The molecule has 1 amide bonds. The van der Waals surface area contributed by atoms with Gasteiger partial charge in [0.15, 0.2) is 11.5 Å². The average Bonchev–Trinajstić information content (AvgIpc) is 2.90. The van der Waals surface area contributed by atoms with Crippen LogP contribution in [0.2, 0.25) is 0 Å². The van der Waals surface area contributed by atoms with Crippen LogP contribution in [0.25, 0.3) is 6.08 Å². The molecule has 192 valence electrons. The number of fused-ring (bicyclic) bond motifs is 1. The zero-order valence-electron chi connectivity index (χ0n) is 21.3. The lowest BCUT2D eigenvalue weighted by molar-refractivity contribution is -0.128. The molecule has 3 aromatic rings. The molecular weight excluding hydrogens is 468 g/mol. The van der Waals surface area contributed by atoms with Gasteiger partial charge in [-0.15, -0.1) is 0 Å². The van der Waals surface area contributed by atoms with E-state index < -0.39 is 0 Å². The molecule has 1 unspecified atom stereocenters. The van der Waals surface area contributed by atoms with Crippen LogP contribution in [0.1, 0.15) is 60.5 Å². The van der Waals surface area contributed by atoms with Gasteiger partial charge in [-0.1, -0.05) is 37.6 Å². The van der Waals surface area contributed by atoms with Crippen LogP contribution in [0, 0.1) is 0 Å². The monoisotopic (exact) mass is 500 g/mol. The van der Waals surface area contributed by atoms with Crippen molar-refractivity contribution in [3.63, 3.8) is 0 Å². The number of hydrogen-bond acceptors (Lipinski definition) is 8. The molecule has 0 saturated heterocycles. The molecule has 4 N–H and O–H groups in total. The van der Waals surface area contributed by atoms with Gasteiger partial charge in [0.1, 0.15) is 5.82 Å². The topological polar surface area (TPSA) is 129 Å². The molecule has 1 atom stereocenters. The van der Waals surface area contributed by atoms with Crippen molar-refractivity contribution in [2.24, 2.45) is 5.10 Å². The van der Waals surface area contributed by atoms with Gasteiger partial charge in [-0.25, -0.2) is 9.99 Å². The fourth-order valence-electron chi connectivity index (χ4n) is 4.42. The lowest BCUT2D eigenvalue weighted by Crippen LogP contribution is -2.32. The lowest BCUT2D eigenvalue weighted by Gasteiger charge is -2.31. The minimum absolute atomic E-state index is 0.121. The highest BCUT2D eigenvalue weighted by Crippen LogP contribution is 2.36. The highest BCUT2D eigenvalue weighted by molar-refractivity contribution is 5.95. The first kappa shape index (κ1) is 25.7. The van der Waals surface area contributed by atoms with Gasteiger partial charge in [-0.3, -0.25) is 4.79 Å². The maximum absolute atomic E-state index is 13.4. The van der Waals surface area contributed by atoms with Crippen molar-refractivity contribution in [3.8, 4) is 11.5 Å². The molecule has 4 rings (SSSR count). The van der Waals surface area contributed by atoms with Crippen molar-refractivity contribution in [2.75, 3.05) is 25.2 Å². The van der Waals surface area contributed by atoms with Crippen LogP contribution in [0.3, 0.4) is 0 Å². The Bertz CT molecular complexity index is 1340. The lowest BCUT2D eigenvalue weighted by atomic mass is 9.95. The number of amides is 1. The largest absolute Gasteiger partial charge is 0.493 e. The summed E-state index contributed by atoms with van der Waals surface area (Å²) in [6.07, 6.45) is 8.80. The number of hydrogen-bond donors (Lipinski definition) is 2. The Morgan fingerprint density at radius 1 is 1.19 bits per heavy atom. The van der Waals surface area contributed by atoms with Crippen LogP contribution in [-0.4, -0.2) is 40.8 Å². The Morgan fingerprint density at radius 3 is 2.73 bits per heavy atom. The third-order valence-electron chi connectivity index (χ3n) is 6.13. The van der Waals surface area contributed by atoms with Crippen LogP contribution < -0.4 is 20.9 Å². The third kappa shape index (κ3) is 5.72. The Kier molecular flexibility index (Phi) is 8.02. The molecule has 0 saturated carbocycles. The number of carbonyl (C=O) groups is 1. The van der Waals surface area contributed by atoms with E-state index in [9.17, 15) is 4.79 Å². The summed E-state index contributed by atoms with van der Waals surface area (Å²) in [5.74, 6) is 1.33. The molecule has 0 spiro atoms. The van der Waals surface area contributed by atoms with Gasteiger partial charge >= 0.3 is 0 Å². The van der Waals surface area contributed by atoms with E-state index in [4.69, 9.17) is 20.9 Å². The Morgan fingerprint density at radius 2 is 2.00 bits per heavy atom. The minimum atomic E-state index is -0.216. The molecule has 0 bridgehead atoms. The Hall–Kier alpha value is -4.40. The van der Waals surface area contributed by atoms with E-state index in [0.29, 0.717) is 35.9 Å². The highest BCUT2D eigenvalue weighted by atomic mass is 16.5. The molecule has 9 heteroatoms. The highest BCUT2D eigenvalue weighted by Gasteiger charge is 2.27. The molecular formula is C28H32N6O3. The molecule has 1 aliphatic rings. The second kappa shape index (κ2) is 11.6. The number of nitrogen functional groups attached to an aromatic ring is 2. The minimum Gasteiger partial charge on any atom is -0.493 e. The summed E-state index contributed by atoms with van der Waals surface area (Å²) in [6.45, 7) is 4.44. The van der Waals surface area contributed by atoms with Crippen molar-refractivity contribution in [2.45, 2.75) is 39.2 Å². The predicted octanol–water partition coefficient (Wildman–Crippen LogP) is 4.37. The first-order valence-electron chi connectivity index (χ1n) is 12.3. The van der Waals surface area contributed by atoms with Crippen molar-refractivity contribution in [1.82, 2.24) is 15.0 Å². The van der Waals surface area contributed by atoms with E-state index in [1.165, 1.54) is 6.08 Å². The number of nitrogens with two attached hydrogens (primary N) is 2. The normalized spacial score (nSPS) is 14.6. The van der Waals surface area contributed by atoms with Gasteiger partial charge in [0, 0.05) is 29.8 Å². The van der Waals surface area contributed by atoms with E-state index >= 15 is 0 Å². The summed E-state index contributed by atoms with van der Waals surface area (Å²) >= 11 is 0. The quantitative estimate of drug-likeness (QED) is 0.417. The number of carbonyl (C=O) groups excluding carboxylic acids is 1. The number of hydrazone groups is 1. The SMILES string of the molecule is CCCC1c2ccccc2C=NN1C(=O)/C=C/c1cc(Cc2cnc(N)nc2N)cc(OC)c1OCC. The number of rotatable bonds is 9. The van der Waals surface area contributed by atoms with Crippen LogP contribution in [0.4, 0.5) is 11.8 Å². The summed E-state index contributed by atoms with van der Waals surface area (Å²) < 4.78 is 11.5. The molecule has 1 aromatic heterocycles. The van der Waals surface area contributed by atoms with Crippen LogP contribution >= 0.6 is 0 Å². The zero-order chi connectivity index (χ0) is 26.4. The Balaban J connectivity index is 1.66. The molecule has 0 aliphatic carbocycles. The van der Waals surface area contributed by atoms with E-state index in [0.717, 1.165) is 35.1 Å². The first-order valence-corrected chi connectivity index (χ1v) is 12.3. The molecule has 0 radical (unpaired) electrons. The summed E-state index contributed by atoms with van der Waals surface area (Å²) in [7, 11) is 1.58. The smallest absolute Gasteiger partial charge is 0.267 e. The summed E-state index contributed by atoms with van der Waals surface area (Å²) in [4.78, 5) is 21.4. The molecule has 37 heavy (non-hydrogen) atoms. The van der Waals surface area contributed by atoms with Gasteiger partial charge in [-0.05, 0) is 48.2 Å². The molecule has 0 fully saturated rings. The van der Waals surface area contributed by atoms with Crippen LogP contribution in [0.15, 0.2) is 53.8 Å². The zero-order valence-corrected chi connectivity index (χ0v) is 21.3. The number of anilines is 2. The van der Waals surface area contributed by atoms with Gasteiger partial charge in [0.2, 0.25) is 5.95 Å². The average molecular weight is 501 g/mol. The fourth-order valence-corrected chi connectivity index (χ4v) is 4.42.